The van der Waals surface area contributed by atoms with Crippen LogP contribution in [0.4, 0.5) is 0 Å². The van der Waals surface area contributed by atoms with E-state index in [1.54, 1.807) is 0 Å². The maximum atomic E-state index is 10.9. The molecule has 5 nitrogen and oxygen atoms in total. The van der Waals surface area contributed by atoms with E-state index in [2.05, 4.69) is 0 Å². The Kier molecular flexibility index (Phi) is 4.29. The molecule has 0 amide bonds. The largest absolute Gasteiger partial charge is 0.481 e. The van der Waals surface area contributed by atoms with Crippen molar-refractivity contribution < 1.29 is 15.0 Å². The van der Waals surface area contributed by atoms with Gasteiger partial charge in [-0.15, -0.1) is 0 Å². The second-order valence-corrected chi connectivity index (χ2v) is 4.88. The van der Waals surface area contributed by atoms with Crippen molar-refractivity contribution in [3.05, 3.63) is 0 Å². The first kappa shape index (κ1) is 13.4. The Bertz CT molecular complexity index is 260. The average Bonchev–Trinajstić information content (AvgIpc) is 2.52. The minimum absolute atomic E-state index is 0.234. The lowest BCUT2D eigenvalue weighted by atomic mass is 9.83. The summed E-state index contributed by atoms with van der Waals surface area (Å²) in [6, 6.07) is -0.556. The topological polar surface area (TPSA) is 110 Å². The van der Waals surface area contributed by atoms with E-state index in [1.807, 2.05) is 13.8 Å². The summed E-state index contributed by atoms with van der Waals surface area (Å²) < 4.78 is 0. The molecule has 1 rings (SSSR count). The highest BCUT2D eigenvalue weighted by molar-refractivity contribution is 5.71. The molecule has 6 N–H and O–H groups in total. The summed E-state index contributed by atoms with van der Waals surface area (Å²) in [6.07, 6.45) is 0.289. The van der Waals surface area contributed by atoms with E-state index in [9.17, 15) is 9.90 Å². The van der Waals surface area contributed by atoms with Gasteiger partial charge in [-0.2, -0.15) is 0 Å². The molecular weight excluding hydrogens is 208 g/mol. The third-order valence-corrected chi connectivity index (χ3v) is 3.89. The monoisotopic (exact) mass is 230 g/mol. The number of aliphatic carboxylic acids is 1. The van der Waals surface area contributed by atoms with E-state index in [0.29, 0.717) is 6.42 Å². The van der Waals surface area contributed by atoms with Crippen LogP contribution in [0.2, 0.25) is 0 Å². The minimum Gasteiger partial charge on any atom is -0.481 e. The molecule has 1 aliphatic rings. The fourth-order valence-corrected chi connectivity index (χ4v) is 2.52. The van der Waals surface area contributed by atoms with Gasteiger partial charge in [0.15, 0.2) is 0 Å². The number of hydrogen-bond acceptors (Lipinski definition) is 4. The number of carbonyl (C=O) groups is 1. The zero-order chi connectivity index (χ0) is 12.5. The first-order valence-corrected chi connectivity index (χ1v) is 5.82. The molecule has 0 aromatic carbocycles. The Balaban J connectivity index is 2.77. The van der Waals surface area contributed by atoms with Crippen LogP contribution in [-0.2, 0) is 4.79 Å². The maximum absolute atomic E-state index is 10.9. The van der Waals surface area contributed by atoms with Gasteiger partial charge in [-0.1, -0.05) is 20.3 Å². The van der Waals surface area contributed by atoms with Gasteiger partial charge in [0, 0.05) is 18.0 Å². The highest BCUT2D eigenvalue weighted by Crippen LogP contribution is 2.34. The SMILES string of the molecule is CCC(C)C(N)C1C(N)CC(C(=O)O)C1O. The van der Waals surface area contributed by atoms with E-state index < -0.39 is 18.0 Å². The fraction of sp³-hybridized carbons (Fsp3) is 0.909. The Labute approximate surface area is 95.8 Å². The molecule has 0 aliphatic heterocycles. The Morgan fingerprint density at radius 1 is 1.56 bits per heavy atom. The van der Waals surface area contributed by atoms with Gasteiger partial charge < -0.3 is 21.7 Å². The number of carboxylic acid groups (broad SMARTS) is 1. The first-order chi connectivity index (χ1) is 7.40. The predicted molar refractivity (Wildman–Crippen MR) is 60.6 cm³/mol. The Morgan fingerprint density at radius 2 is 2.12 bits per heavy atom. The van der Waals surface area contributed by atoms with Crippen LogP contribution < -0.4 is 11.5 Å². The van der Waals surface area contributed by atoms with Crippen molar-refractivity contribution in [3.63, 3.8) is 0 Å². The first-order valence-electron chi connectivity index (χ1n) is 5.82. The lowest BCUT2D eigenvalue weighted by Gasteiger charge is -2.30. The van der Waals surface area contributed by atoms with Gasteiger partial charge in [0.2, 0.25) is 0 Å². The van der Waals surface area contributed by atoms with Crippen LogP contribution in [0.5, 0.6) is 0 Å². The molecule has 0 heterocycles. The predicted octanol–water partition coefficient (Wildman–Crippen LogP) is -0.231. The van der Waals surface area contributed by atoms with Crippen molar-refractivity contribution in [2.45, 2.75) is 44.9 Å². The molecule has 94 valence electrons. The van der Waals surface area contributed by atoms with E-state index >= 15 is 0 Å². The van der Waals surface area contributed by atoms with Crippen molar-refractivity contribution in [1.29, 1.82) is 0 Å². The molecule has 0 spiro atoms. The molecule has 0 saturated heterocycles. The number of rotatable bonds is 4. The zero-order valence-corrected chi connectivity index (χ0v) is 9.84. The molecule has 6 atom stereocenters. The summed E-state index contributed by atoms with van der Waals surface area (Å²) in [5.41, 5.74) is 11.9. The molecule has 1 aliphatic carbocycles. The molecule has 0 aromatic rings. The van der Waals surface area contributed by atoms with Gasteiger partial charge >= 0.3 is 5.97 Å². The maximum Gasteiger partial charge on any atom is 0.309 e. The molecule has 16 heavy (non-hydrogen) atoms. The van der Waals surface area contributed by atoms with Crippen molar-refractivity contribution in [2.75, 3.05) is 0 Å². The second kappa shape index (κ2) is 5.12. The van der Waals surface area contributed by atoms with Crippen LogP contribution in [0.15, 0.2) is 0 Å². The minimum atomic E-state index is -0.984. The Morgan fingerprint density at radius 3 is 2.50 bits per heavy atom. The highest BCUT2D eigenvalue weighted by Gasteiger charge is 2.47. The van der Waals surface area contributed by atoms with Crippen molar-refractivity contribution in [1.82, 2.24) is 0 Å². The molecular formula is C11H22N2O3. The molecule has 0 radical (unpaired) electrons. The van der Waals surface area contributed by atoms with Gasteiger partial charge in [-0.25, -0.2) is 0 Å². The summed E-state index contributed by atoms with van der Waals surface area (Å²) in [5, 5.41) is 18.9. The normalized spacial score (nSPS) is 38.3. The molecule has 0 bridgehead atoms. The second-order valence-electron chi connectivity index (χ2n) is 4.88. The van der Waals surface area contributed by atoms with Crippen LogP contribution in [0.25, 0.3) is 0 Å². The van der Waals surface area contributed by atoms with Crippen molar-refractivity contribution in [2.24, 2.45) is 29.2 Å². The van der Waals surface area contributed by atoms with Gasteiger partial charge in [-0.05, 0) is 12.3 Å². The summed E-state index contributed by atoms with van der Waals surface area (Å²) in [4.78, 5) is 10.9. The fourth-order valence-electron chi connectivity index (χ4n) is 2.52. The number of aliphatic hydroxyl groups is 1. The van der Waals surface area contributed by atoms with Crippen LogP contribution in [0, 0.1) is 17.8 Å². The van der Waals surface area contributed by atoms with Gasteiger partial charge in [0.05, 0.1) is 12.0 Å². The van der Waals surface area contributed by atoms with Crippen molar-refractivity contribution in [3.8, 4) is 0 Å². The van der Waals surface area contributed by atoms with Crippen LogP contribution in [0.1, 0.15) is 26.7 Å². The molecule has 1 fully saturated rings. The van der Waals surface area contributed by atoms with E-state index in [0.717, 1.165) is 6.42 Å². The van der Waals surface area contributed by atoms with E-state index in [1.165, 1.54) is 0 Å². The smallest absolute Gasteiger partial charge is 0.309 e. The Hall–Kier alpha value is -0.650. The number of nitrogens with two attached hydrogens (primary N) is 2. The third kappa shape index (κ3) is 2.36. The molecule has 6 unspecified atom stereocenters. The number of aliphatic hydroxyl groups excluding tert-OH is 1. The summed E-state index contributed by atoms with van der Waals surface area (Å²) in [6.45, 7) is 4.02. The zero-order valence-electron chi connectivity index (χ0n) is 9.84. The quantitative estimate of drug-likeness (QED) is 0.533. The highest BCUT2D eigenvalue weighted by atomic mass is 16.4. The summed E-state index contributed by atoms with van der Waals surface area (Å²) in [7, 11) is 0. The summed E-state index contributed by atoms with van der Waals surface area (Å²) >= 11 is 0. The van der Waals surface area contributed by atoms with E-state index in [4.69, 9.17) is 16.6 Å². The van der Waals surface area contributed by atoms with Gasteiger partial charge in [0.25, 0.3) is 0 Å². The number of carboxylic acids is 1. The summed E-state index contributed by atoms with van der Waals surface area (Å²) in [5.74, 6) is -1.83. The molecule has 5 heteroatoms. The molecule has 0 aromatic heterocycles. The van der Waals surface area contributed by atoms with E-state index in [-0.39, 0.29) is 23.9 Å². The average molecular weight is 230 g/mol. The molecule has 1 saturated carbocycles. The van der Waals surface area contributed by atoms with Crippen LogP contribution >= 0.6 is 0 Å². The van der Waals surface area contributed by atoms with Gasteiger partial charge in [0.1, 0.15) is 0 Å². The third-order valence-electron chi connectivity index (χ3n) is 3.89. The van der Waals surface area contributed by atoms with Crippen molar-refractivity contribution >= 4 is 5.97 Å². The van der Waals surface area contributed by atoms with Crippen LogP contribution in [-0.4, -0.2) is 34.4 Å². The standard InChI is InChI=1S/C11H22N2O3/c1-3-5(2)9(13)8-7(12)4-6(10(8)14)11(15)16/h5-10,14H,3-4,12-13H2,1-2H3,(H,15,16). The lowest BCUT2D eigenvalue weighted by Crippen LogP contribution is -2.47. The number of hydrogen-bond donors (Lipinski definition) is 4. The van der Waals surface area contributed by atoms with Gasteiger partial charge in [-0.3, -0.25) is 4.79 Å². The lowest BCUT2D eigenvalue weighted by molar-refractivity contribution is -0.145. The van der Waals surface area contributed by atoms with Crippen LogP contribution in [0.3, 0.4) is 0 Å².